The number of hydrogen-bond donors (Lipinski definition) is 1. The van der Waals surface area contributed by atoms with Crippen LogP contribution >= 0.6 is 0 Å². The molecule has 0 aromatic carbocycles. The molecule has 2 rings (SSSR count). The van der Waals surface area contributed by atoms with E-state index >= 15 is 0 Å². The second-order valence-electron chi connectivity index (χ2n) is 6.88. The van der Waals surface area contributed by atoms with E-state index < -0.39 is 5.60 Å². The Morgan fingerprint density at radius 2 is 1.70 bits per heavy atom. The first-order chi connectivity index (χ1) is 9.28. The van der Waals surface area contributed by atoms with Gasteiger partial charge in [0.2, 0.25) is 11.8 Å². The molecule has 1 heterocycles. The highest BCUT2D eigenvalue weighted by molar-refractivity contribution is 5.82. The third kappa shape index (κ3) is 3.95. The molecule has 114 valence electrons. The minimum Gasteiger partial charge on any atom is -0.389 e. The largest absolute Gasteiger partial charge is 0.389 e. The van der Waals surface area contributed by atoms with E-state index in [1.807, 2.05) is 4.90 Å². The lowest BCUT2D eigenvalue weighted by molar-refractivity contribution is -0.142. The van der Waals surface area contributed by atoms with Crippen molar-refractivity contribution >= 4 is 11.8 Å². The van der Waals surface area contributed by atoms with Crippen LogP contribution in [0.25, 0.3) is 0 Å². The second kappa shape index (κ2) is 5.72. The topological polar surface area (TPSA) is 60.9 Å². The minimum atomic E-state index is -0.868. The van der Waals surface area contributed by atoms with Crippen molar-refractivity contribution < 1.29 is 14.7 Å². The number of likely N-dealkylation sites (tertiary alicyclic amines) is 1. The van der Waals surface area contributed by atoms with Gasteiger partial charge in [-0.15, -0.1) is 0 Å². The van der Waals surface area contributed by atoms with E-state index in [9.17, 15) is 14.7 Å². The number of nitrogens with zero attached hydrogens (tertiary/aromatic N) is 2. The van der Waals surface area contributed by atoms with E-state index in [0.29, 0.717) is 19.6 Å². The van der Waals surface area contributed by atoms with Crippen LogP contribution in [0.15, 0.2) is 0 Å². The molecule has 1 aliphatic heterocycles. The lowest BCUT2D eigenvalue weighted by Gasteiger charge is -2.34. The summed E-state index contributed by atoms with van der Waals surface area (Å²) in [6, 6.07) is 0. The molecule has 0 bridgehead atoms. The zero-order chi connectivity index (χ0) is 14.9. The van der Waals surface area contributed by atoms with Crippen molar-refractivity contribution in [2.24, 2.45) is 11.8 Å². The smallest absolute Gasteiger partial charge is 0.225 e. The Labute approximate surface area is 120 Å². The van der Waals surface area contributed by atoms with Crippen LogP contribution < -0.4 is 0 Å². The molecule has 0 spiro atoms. The van der Waals surface area contributed by atoms with E-state index in [4.69, 9.17) is 0 Å². The van der Waals surface area contributed by atoms with Crippen LogP contribution in [-0.4, -0.2) is 59.0 Å². The Kier molecular flexibility index (Phi) is 4.37. The maximum Gasteiger partial charge on any atom is 0.225 e. The Morgan fingerprint density at radius 1 is 1.15 bits per heavy atom. The fourth-order valence-electron chi connectivity index (χ4n) is 2.91. The van der Waals surface area contributed by atoms with Crippen LogP contribution in [0.1, 0.15) is 39.5 Å². The molecule has 5 nitrogen and oxygen atoms in total. The number of carbonyl (C=O) groups excluding carboxylic acids is 2. The highest BCUT2D eigenvalue weighted by Crippen LogP contribution is 2.32. The van der Waals surface area contributed by atoms with Crippen molar-refractivity contribution in [3.63, 3.8) is 0 Å². The van der Waals surface area contributed by atoms with Gasteiger partial charge >= 0.3 is 0 Å². The average molecular weight is 282 g/mol. The zero-order valence-electron chi connectivity index (χ0n) is 12.8. The number of rotatable bonds is 4. The van der Waals surface area contributed by atoms with E-state index in [-0.39, 0.29) is 23.7 Å². The van der Waals surface area contributed by atoms with Crippen LogP contribution in [0.3, 0.4) is 0 Å². The molecular formula is C15H26N2O3. The molecule has 0 unspecified atom stereocenters. The van der Waals surface area contributed by atoms with E-state index in [1.165, 1.54) is 0 Å². The number of hydrogen-bond acceptors (Lipinski definition) is 3. The van der Waals surface area contributed by atoms with Gasteiger partial charge in [-0.3, -0.25) is 9.59 Å². The lowest BCUT2D eigenvalue weighted by Crippen LogP contribution is -2.46. The fraction of sp³-hybridized carbons (Fsp3) is 0.867. The summed E-state index contributed by atoms with van der Waals surface area (Å²) in [6.45, 7) is 5.14. The van der Waals surface area contributed by atoms with Gasteiger partial charge in [-0.05, 0) is 39.5 Å². The first kappa shape index (κ1) is 15.3. The summed E-state index contributed by atoms with van der Waals surface area (Å²) in [5.74, 6) is 0.622. The van der Waals surface area contributed by atoms with E-state index in [2.05, 4.69) is 0 Å². The van der Waals surface area contributed by atoms with Gasteiger partial charge in [-0.25, -0.2) is 0 Å². The van der Waals surface area contributed by atoms with Crippen molar-refractivity contribution in [3.8, 4) is 0 Å². The molecule has 20 heavy (non-hydrogen) atoms. The molecule has 0 radical (unpaired) electrons. The number of aliphatic hydroxyl groups is 1. The van der Waals surface area contributed by atoms with Gasteiger partial charge in [-0.2, -0.15) is 0 Å². The summed E-state index contributed by atoms with van der Waals surface area (Å²) in [4.78, 5) is 27.8. The Morgan fingerprint density at radius 3 is 2.15 bits per heavy atom. The quantitative estimate of drug-likeness (QED) is 0.832. The third-order valence-electron chi connectivity index (χ3n) is 4.08. The maximum atomic E-state index is 12.3. The molecule has 0 aromatic heterocycles. The molecular weight excluding hydrogens is 256 g/mol. The number of piperidine rings is 1. The molecule has 1 aliphatic carbocycles. The fourth-order valence-corrected chi connectivity index (χ4v) is 2.91. The third-order valence-corrected chi connectivity index (χ3v) is 4.08. The minimum absolute atomic E-state index is 0.00870. The Hall–Kier alpha value is -1.10. The number of likely N-dealkylation sites (N-methyl/N-ethyl adjacent to an activating group) is 1. The molecule has 0 aromatic rings. The van der Waals surface area contributed by atoms with Crippen LogP contribution in [0.4, 0.5) is 0 Å². The van der Waals surface area contributed by atoms with Crippen molar-refractivity contribution in [1.29, 1.82) is 0 Å². The lowest BCUT2D eigenvalue weighted by atomic mass is 9.94. The molecule has 0 atom stereocenters. The van der Waals surface area contributed by atoms with Crippen LogP contribution in [0.5, 0.6) is 0 Å². The molecule has 2 fully saturated rings. The van der Waals surface area contributed by atoms with E-state index in [1.54, 1.807) is 25.8 Å². The SMILES string of the molecule is CN(CC(C)(C)O)C(=O)C1CCN(C(=O)C2CC2)CC1. The summed E-state index contributed by atoms with van der Waals surface area (Å²) in [5.41, 5.74) is -0.868. The normalized spacial score (nSPS) is 20.9. The second-order valence-corrected chi connectivity index (χ2v) is 6.88. The predicted octanol–water partition coefficient (Wildman–Crippen LogP) is 0.864. The van der Waals surface area contributed by atoms with Gasteiger partial charge in [-0.1, -0.05) is 0 Å². The van der Waals surface area contributed by atoms with Crippen molar-refractivity contribution in [3.05, 3.63) is 0 Å². The van der Waals surface area contributed by atoms with Crippen LogP contribution in [-0.2, 0) is 9.59 Å². The highest BCUT2D eigenvalue weighted by Gasteiger charge is 2.36. The molecule has 2 amide bonds. The van der Waals surface area contributed by atoms with Crippen LogP contribution in [0.2, 0.25) is 0 Å². The average Bonchev–Trinajstić information content (AvgIpc) is 3.19. The molecule has 5 heteroatoms. The summed E-state index contributed by atoms with van der Waals surface area (Å²) in [5, 5.41) is 9.77. The van der Waals surface area contributed by atoms with Gasteiger partial charge in [0.05, 0.1) is 5.60 Å². The van der Waals surface area contributed by atoms with Gasteiger partial charge in [0.25, 0.3) is 0 Å². The summed E-state index contributed by atoms with van der Waals surface area (Å²) in [7, 11) is 1.74. The van der Waals surface area contributed by atoms with Gasteiger partial charge in [0, 0.05) is 38.5 Å². The Bertz CT molecular complexity index is 377. The number of carbonyl (C=O) groups is 2. The summed E-state index contributed by atoms with van der Waals surface area (Å²) >= 11 is 0. The molecule has 2 aliphatic rings. The Balaban J connectivity index is 1.80. The summed E-state index contributed by atoms with van der Waals surface area (Å²) < 4.78 is 0. The van der Waals surface area contributed by atoms with Crippen molar-refractivity contribution in [1.82, 2.24) is 9.80 Å². The highest BCUT2D eigenvalue weighted by atomic mass is 16.3. The zero-order valence-corrected chi connectivity index (χ0v) is 12.8. The standard InChI is InChI=1S/C15H26N2O3/c1-15(2,20)10-16(3)13(18)12-6-8-17(9-7-12)14(19)11-4-5-11/h11-12,20H,4-10H2,1-3H3. The van der Waals surface area contributed by atoms with Gasteiger partial charge < -0.3 is 14.9 Å². The van der Waals surface area contributed by atoms with Crippen LogP contribution in [0, 0.1) is 11.8 Å². The van der Waals surface area contributed by atoms with Gasteiger partial charge in [0.1, 0.15) is 0 Å². The summed E-state index contributed by atoms with van der Waals surface area (Å²) in [6.07, 6.45) is 3.55. The maximum absolute atomic E-state index is 12.3. The number of amides is 2. The molecule has 1 saturated carbocycles. The monoisotopic (exact) mass is 282 g/mol. The molecule has 1 saturated heterocycles. The molecule has 1 N–H and O–H groups in total. The predicted molar refractivity (Wildman–Crippen MR) is 76.0 cm³/mol. The van der Waals surface area contributed by atoms with Crippen molar-refractivity contribution in [2.75, 3.05) is 26.7 Å². The first-order valence-electron chi connectivity index (χ1n) is 7.54. The van der Waals surface area contributed by atoms with E-state index in [0.717, 1.165) is 25.7 Å². The van der Waals surface area contributed by atoms with Crippen molar-refractivity contribution in [2.45, 2.75) is 45.1 Å². The van der Waals surface area contributed by atoms with Gasteiger partial charge in [0.15, 0.2) is 0 Å². The first-order valence-corrected chi connectivity index (χ1v) is 7.54.